The first kappa shape index (κ1) is 10.1. The maximum Gasteiger partial charge on any atom is 0.417 e. The fraction of sp³-hybridized carbons (Fsp3) is 0.300. The summed E-state index contributed by atoms with van der Waals surface area (Å²) in [6.45, 7) is 0.809. The third-order valence-electron chi connectivity index (χ3n) is 2.06. The SMILES string of the molecule is O=c1[nH]c2ccc(NCCCCl)cc2o1. The summed E-state index contributed by atoms with van der Waals surface area (Å²) < 4.78 is 4.94. The van der Waals surface area contributed by atoms with E-state index in [4.69, 9.17) is 16.0 Å². The van der Waals surface area contributed by atoms with E-state index < -0.39 is 5.76 Å². The number of fused-ring (bicyclic) bond motifs is 1. The van der Waals surface area contributed by atoms with E-state index in [0.717, 1.165) is 18.7 Å². The fourth-order valence-corrected chi connectivity index (χ4v) is 1.49. The molecule has 2 N–H and O–H groups in total. The number of oxazole rings is 1. The zero-order valence-electron chi connectivity index (χ0n) is 8.05. The zero-order chi connectivity index (χ0) is 10.7. The Kier molecular flexibility index (Phi) is 2.97. The van der Waals surface area contributed by atoms with Crippen LogP contribution in [0.2, 0.25) is 0 Å². The number of hydrogen-bond acceptors (Lipinski definition) is 3. The van der Waals surface area contributed by atoms with Crippen molar-refractivity contribution in [1.82, 2.24) is 4.98 Å². The Balaban J connectivity index is 2.19. The van der Waals surface area contributed by atoms with Crippen LogP contribution in [0.4, 0.5) is 5.69 Å². The second-order valence-corrected chi connectivity index (χ2v) is 3.57. The van der Waals surface area contributed by atoms with Crippen molar-refractivity contribution < 1.29 is 4.42 Å². The second-order valence-electron chi connectivity index (χ2n) is 3.19. The van der Waals surface area contributed by atoms with Gasteiger partial charge in [0.25, 0.3) is 0 Å². The smallest absolute Gasteiger partial charge is 0.408 e. The van der Waals surface area contributed by atoms with Gasteiger partial charge in [-0.15, -0.1) is 11.6 Å². The molecule has 0 amide bonds. The number of hydrogen-bond donors (Lipinski definition) is 2. The molecule has 2 aromatic rings. The second kappa shape index (κ2) is 4.40. The number of rotatable bonds is 4. The average Bonchev–Trinajstić information content (AvgIpc) is 2.57. The molecule has 2 rings (SSSR count). The van der Waals surface area contributed by atoms with Crippen molar-refractivity contribution in [3.05, 3.63) is 28.7 Å². The quantitative estimate of drug-likeness (QED) is 0.621. The maximum absolute atomic E-state index is 10.9. The minimum absolute atomic E-state index is 0.428. The highest BCUT2D eigenvalue weighted by Gasteiger charge is 2.01. The van der Waals surface area contributed by atoms with Crippen molar-refractivity contribution >= 4 is 28.4 Å². The van der Waals surface area contributed by atoms with Crippen molar-refractivity contribution in [3.63, 3.8) is 0 Å². The molecular weight excluding hydrogens is 216 g/mol. The molecule has 0 radical (unpaired) electrons. The Hall–Kier alpha value is -1.42. The summed E-state index contributed by atoms with van der Waals surface area (Å²) in [6, 6.07) is 5.49. The highest BCUT2D eigenvalue weighted by atomic mass is 35.5. The molecule has 0 saturated carbocycles. The van der Waals surface area contributed by atoms with E-state index in [9.17, 15) is 4.79 Å². The third kappa shape index (κ3) is 2.33. The zero-order valence-corrected chi connectivity index (χ0v) is 8.80. The van der Waals surface area contributed by atoms with Gasteiger partial charge >= 0.3 is 5.76 Å². The van der Waals surface area contributed by atoms with Crippen LogP contribution < -0.4 is 11.1 Å². The van der Waals surface area contributed by atoms with Gasteiger partial charge in [0.15, 0.2) is 5.58 Å². The van der Waals surface area contributed by atoms with Gasteiger partial charge in [0, 0.05) is 24.2 Å². The van der Waals surface area contributed by atoms with Crippen LogP contribution in [-0.2, 0) is 0 Å². The minimum atomic E-state index is -0.428. The molecule has 0 saturated heterocycles. The Bertz CT molecular complexity index is 503. The van der Waals surface area contributed by atoms with E-state index in [-0.39, 0.29) is 0 Å². The summed E-state index contributed by atoms with van der Waals surface area (Å²) >= 11 is 5.56. The molecule has 0 aliphatic rings. The topological polar surface area (TPSA) is 58.0 Å². The minimum Gasteiger partial charge on any atom is -0.408 e. The van der Waals surface area contributed by atoms with Crippen LogP contribution in [0.25, 0.3) is 11.1 Å². The lowest BCUT2D eigenvalue weighted by molar-refractivity contribution is 0.555. The fourth-order valence-electron chi connectivity index (χ4n) is 1.35. The van der Waals surface area contributed by atoms with E-state index in [2.05, 4.69) is 10.3 Å². The number of aromatic nitrogens is 1. The summed E-state index contributed by atoms with van der Waals surface area (Å²) in [7, 11) is 0. The Labute approximate surface area is 91.2 Å². The van der Waals surface area contributed by atoms with Gasteiger partial charge in [-0.1, -0.05) is 0 Å². The van der Waals surface area contributed by atoms with Crippen LogP contribution in [0.3, 0.4) is 0 Å². The summed E-state index contributed by atoms with van der Waals surface area (Å²) in [6.07, 6.45) is 0.899. The standard InChI is InChI=1S/C10H11ClN2O2/c11-4-1-5-12-7-2-3-8-9(6-7)15-10(14)13-8/h2-3,6,12H,1,4-5H2,(H,13,14). The molecule has 0 spiro atoms. The number of aromatic amines is 1. The molecule has 0 aliphatic heterocycles. The molecule has 4 nitrogen and oxygen atoms in total. The van der Waals surface area contributed by atoms with Gasteiger partial charge in [-0.3, -0.25) is 4.98 Å². The monoisotopic (exact) mass is 226 g/mol. The number of halogens is 1. The first-order chi connectivity index (χ1) is 7.29. The van der Waals surface area contributed by atoms with Crippen molar-refractivity contribution in [3.8, 4) is 0 Å². The number of benzene rings is 1. The number of alkyl halides is 1. The lowest BCUT2D eigenvalue weighted by Gasteiger charge is -2.03. The van der Waals surface area contributed by atoms with Gasteiger partial charge in [-0.25, -0.2) is 4.79 Å². The van der Waals surface area contributed by atoms with E-state index in [1.165, 1.54) is 0 Å². The largest absolute Gasteiger partial charge is 0.417 e. The van der Waals surface area contributed by atoms with Gasteiger partial charge < -0.3 is 9.73 Å². The first-order valence-electron chi connectivity index (χ1n) is 4.72. The molecule has 0 unspecified atom stereocenters. The van der Waals surface area contributed by atoms with E-state index >= 15 is 0 Å². The molecule has 15 heavy (non-hydrogen) atoms. The van der Waals surface area contributed by atoms with Crippen molar-refractivity contribution in [2.45, 2.75) is 6.42 Å². The van der Waals surface area contributed by atoms with Gasteiger partial charge in [0.05, 0.1) is 5.52 Å². The van der Waals surface area contributed by atoms with Gasteiger partial charge in [-0.05, 0) is 18.6 Å². The molecule has 0 aliphatic carbocycles. The maximum atomic E-state index is 10.9. The lowest BCUT2D eigenvalue weighted by atomic mass is 10.3. The summed E-state index contributed by atoms with van der Waals surface area (Å²) in [5.41, 5.74) is 2.20. The van der Waals surface area contributed by atoms with E-state index in [1.807, 2.05) is 12.1 Å². The predicted molar refractivity (Wildman–Crippen MR) is 60.7 cm³/mol. The number of anilines is 1. The van der Waals surface area contributed by atoms with Crippen LogP contribution in [-0.4, -0.2) is 17.4 Å². The molecule has 1 aromatic heterocycles. The normalized spacial score (nSPS) is 10.7. The summed E-state index contributed by atoms with van der Waals surface area (Å²) in [5.74, 6) is 0.206. The highest BCUT2D eigenvalue weighted by Crippen LogP contribution is 2.15. The van der Waals surface area contributed by atoms with Crippen LogP contribution in [0, 0.1) is 0 Å². The molecule has 0 fully saturated rings. The summed E-state index contributed by atoms with van der Waals surface area (Å²) in [5, 5.41) is 3.19. The van der Waals surface area contributed by atoms with E-state index in [1.54, 1.807) is 6.07 Å². The lowest BCUT2D eigenvalue weighted by Crippen LogP contribution is -2.01. The molecule has 0 bridgehead atoms. The predicted octanol–water partition coefficient (Wildman–Crippen LogP) is 2.16. The summed E-state index contributed by atoms with van der Waals surface area (Å²) in [4.78, 5) is 13.5. The Morgan fingerprint density at radius 2 is 2.33 bits per heavy atom. The van der Waals surface area contributed by atoms with Gasteiger partial charge in [-0.2, -0.15) is 0 Å². The van der Waals surface area contributed by atoms with Gasteiger partial charge in [0.2, 0.25) is 0 Å². The Morgan fingerprint density at radius 3 is 3.13 bits per heavy atom. The van der Waals surface area contributed by atoms with Crippen molar-refractivity contribution in [2.75, 3.05) is 17.7 Å². The number of H-pyrrole nitrogens is 1. The molecule has 80 valence electrons. The Morgan fingerprint density at radius 1 is 1.47 bits per heavy atom. The third-order valence-corrected chi connectivity index (χ3v) is 2.33. The van der Waals surface area contributed by atoms with Crippen molar-refractivity contribution in [2.24, 2.45) is 0 Å². The van der Waals surface area contributed by atoms with Crippen LogP contribution in [0.15, 0.2) is 27.4 Å². The highest BCUT2D eigenvalue weighted by molar-refractivity contribution is 6.17. The van der Waals surface area contributed by atoms with E-state index in [0.29, 0.717) is 17.0 Å². The molecule has 5 heteroatoms. The first-order valence-corrected chi connectivity index (χ1v) is 5.26. The van der Waals surface area contributed by atoms with Crippen LogP contribution in [0.5, 0.6) is 0 Å². The van der Waals surface area contributed by atoms with Crippen LogP contribution in [0.1, 0.15) is 6.42 Å². The molecular formula is C10H11ClN2O2. The molecule has 1 aromatic carbocycles. The average molecular weight is 227 g/mol. The molecule has 0 atom stereocenters. The molecule has 1 heterocycles. The van der Waals surface area contributed by atoms with Crippen molar-refractivity contribution in [1.29, 1.82) is 0 Å². The van der Waals surface area contributed by atoms with Crippen LogP contribution >= 0.6 is 11.6 Å². The van der Waals surface area contributed by atoms with Gasteiger partial charge in [0.1, 0.15) is 0 Å². The number of nitrogens with one attached hydrogen (secondary N) is 2.